The topological polar surface area (TPSA) is 77.8 Å². The molecule has 0 amide bonds. The van der Waals surface area contributed by atoms with Crippen LogP contribution in [0.3, 0.4) is 0 Å². The van der Waals surface area contributed by atoms with Crippen molar-refractivity contribution in [1.29, 1.82) is 0 Å². The van der Waals surface area contributed by atoms with Crippen LogP contribution in [0.1, 0.15) is 107 Å². The molecule has 0 spiro atoms. The van der Waals surface area contributed by atoms with Gasteiger partial charge in [0.05, 0.1) is 5.92 Å². The molecule has 2 aromatic rings. The van der Waals surface area contributed by atoms with Gasteiger partial charge in [0.1, 0.15) is 11.5 Å². The number of thioether (sulfide) groups is 1. The number of phenolic OH excluding ortho intramolecular Hbond substituents is 2. The van der Waals surface area contributed by atoms with Crippen molar-refractivity contribution >= 4 is 17.7 Å². The van der Waals surface area contributed by atoms with E-state index in [2.05, 4.69) is 6.92 Å². The first-order valence-electron chi connectivity index (χ1n) is 15.2. The summed E-state index contributed by atoms with van der Waals surface area (Å²) in [6.07, 6.45) is 1.22. The van der Waals surface area contributed by atoms with Gasteiger partial charge in [0, 0.05) is 22.5 Å². The van der Waals surface area contributed by atoms with Crippen molar-refractivity contribution < 1.29 is 42.1 Å². The molecule has 0 saturated heterocycles. The Morgan fingerprint density at radius 2 is 1.42 bits per heavy atom. The Balaban J connectivity index is 1.38. The van der Waals surface area contributed by atoms with Crippen molar-refractivity contribution in [3.05, 3.63) is 53.6 Å². The second-order valence-electron chi connectivity index (χ2n) is 12.1. The Bertz CT molecular complexity index is 1170. The number of aromatic hydroxyl groups is 2. The Morgan fingerprint density at radius 1 is 0.860 bits per heavy atom. The van der Waals surface area contributed by atoms with Crippen molar-refractivity contribution in [3.8, 4) is 11.5 Å². The number of hydrogen-bond donors (Lipinski definition) is 3. The molecule has 1 aliphatic heterocycles. The Hall–Kier alpha value is -2.49. The van der Waals surface area contributed by atoms with Crippen molar-refractivity contribution in [1.82, 2.24) is 0 Å². The molecule has 3 unspecified atom stereocenters. The van der Waals surface area contributed by atoms with E-state index < -0.39 is 36.8 Å². The number of rotatable bonds is 17. The van der Waals surface area contributed by atoms with Crippen LogP contribution in [-0.4, -0.2) is 39.1 Å². The van der Waals surface area contributed by atoms with Crippen LogP contribution >= 0.6 is 11.8 Å². The van der Waals surface area contributed by atoms with E-state index in [0.717, 1.165) is 62.0 Å². The molecule has 43 heavy (non-hydrogen) atoms. The summed E-state index contributed by atoms with van der Waals surface area (Å²) < 4.78 is 63.1. The molecule has 0 fully saturated rings. The fourth-order valence-corrected chi connectivity index (χ4v) is 7.52. The second-order valence-corrected chi connectivity index (χ2v) is 13.1. The largest absolute Gasteiger partial charge is 0.508 e. The maximum atomic E-state index is 13.1. The minimum atomic E-state index is -5.61. The average Bonchev–Trinajstić information content (AvgIpc) is 2.93. The third-order valence-corrected chi connectivity index (χ3v) is 10.2. The van der Waals surface area contributed by atoms with Gasteiger partial charge < -0.3 is 15.3 Å². The molecule has 10 heteroatoms. The van der Waals surface area contributed by atoms with Crippen LogP contribution in [0.5, 0.6) is 11.5 Å². The summed E-state index contributed by atoms with van der Waals surface area (Å²) in [7, 11) is 0. The van der Waals surface area contributed by atoms with Crippen LogP contribution in [0.2, 0.25) is 0 Å². The molecule has 4 nitrogen and oxygen atoms in total. The van der Waals surface area contributed by atoms with Crippen LogP contribution in [-0.2, 0) is 10.2 Å². The number of aliphatic carboxylic acids is 1. The van der Waals surface area contributed by atoms with Gasteiger partial charge in [-0.3, -0.25) is 4.79 Å². The second kappa shape index (κ2) is 15.5. The van der Waals surface area contributed by atoms with E-state index in [4.69, 9.17) is 0 Å². The van der Waals surface area contributed by atoms with Gasteiger partial charge >= 0.3 is 18.1 Å². The minimum absolute atomic E-state index is 0.116. The molecule has 3 N–H and O–H groups in total. The molecular weight excluding hydrogens is 587 g/mol. The monoisotopic (exact) mass is 630 g/mol. The van der Waals surface area contributed by atoms with Crippen molar-refractivity contribution in [2.45, 2.75) is 119 Å². The highest BCUT2D eigenvalue weighted by Crippen LogP contribution is 2.52. The number of carbonyl (C=O) groups is 1. The van der Waals surface area contributed by atoms with Crippen molar-refractivity contribution in [2.24, 2.45) is 5.92 Å². The van der Waals surface area contributed by atoms with E-state index in [1.165, 1.54) is 11.1 Å². The molecule has 0 radical (unpaired) electrons. The predicted octanol–water partition coefficient (Wildman–Crippen LogP) is 10.2. The lowest BCUT2D eigenvalue weighted by Crippen LogP contribution is -2.36. The highest BCUT2D eigenvalue weighted by Gasteiger charge is 2.56. The smallest absolute Gasteiger partial charge is 0.453 e. The van der Waals surface area contributed by atoms with Crippen LogP contribution in [0.25, 0.3) is 0 Å². The van der Waals surface area contributed by atoms with Gasteiger partial charge in [0.15, 0.2) is 0 Å². The van der Waals surface area contributed by atoms with E-state index in [9.17, 15) is 42.1 Å². The number of carboxylic acids is 1. The van der Waals surface area contributed by atoms with Crippen molar-refractivity contribution in [3.63, 3.8) is 0 Å². The first kappa shape index (κ1) is 35.0. The van der Waals surface area contributed by atoms with E-state index in [-0.39, 0.29) is 35.7 Å². The third-order valence-electron chi connectivity index (χ3n) is 8.80. The summed E-state index contributed by atoms with van der Waals surface area (Å²) >= 11 is 1.75. The van der Waals surface area contributed by atoms with Gasteiger partial charge in [0.2, 0.25) is 0 Å². The van der Waals surface area contributed by atoms with Gasteiger partial charge in [-0.1, -0.05) is 76.5 Å². The lowest BCUT2D eigenvalue weighted by molar-refractivity contribution is -0.284. The normalized spacial score (nSPS) is 19.6. The molecule has 0 aromatic heterocycles. The van der Waals surface area contributed by atoms with E-state index in [1.54, 1.807) is 30.0 Å². The number of carboxylic acid groups (broad SMARTS) is 1. The van der Waals surface area contributed by atoms with Crippen molar-refractivity contribution in [2.75, 3.05) is 5.75 Å². The molecule has 0 aliphatic carbocycles. The maximum absolute atomic E-state index is 13.1. The minimum Gasteiger partial charge on any atom is -0.508 e. The Morgan fingerprint density at radius 3 is 2.02 bits per heavy atom. The van der Waals surface area contributed by atoms with Gasteiger partial charge in [0.25, 0.3) is 0 Å². The zero-order valence-electron chi connectivity index (χ0n) is 24.6. The Labute approximate surface area is 255 Å². The summed E-state index contributed by atoms with van der Waals surface area (Å²) in [6, 6.07) is 13.1. The van der Waals surface area contributed by atoms with Crippen LogP contribution in [0.15, 0.2) is 47.4 Å². The number of fused-ring (bicyclic) bond motifs is 1. The molecule has 240 valence electrons. The van der Waals surface area contributed by atoms with E-state index in [1.807, 2.05) is 24.3 Å². The number of phenols is 2. The third kappa shape index (κ3) is 9.75. The average molecular weight is 631 g/mol. The molecule has 3 atom stereocenters. The zero-order chi connectivity index (χ0) is 31.7. The molecule has 1 aliphatic rings. The zero-order valence-corrected chi connectivity index (χ0v) is 25.5. The first-order chi connectivity index (χ1) is 20.2. The highest BCUT2D eigenvalue weighted by molar-refractivity contribution is 7.99. The first-order valence-corrected chi connectivity index (χ1v) is 16.2. The van der Waals surface area contributed by atoms with Crippen LogP contribution < -0.4 is 0 Å². The lowest BCUT2D eigenvalue weighted by atomic mass is 9.68. The van der Waals surface area contributed by atoms with E-state index in [0.29, 0.717) is 6.42 Å². The number of alkyl halides is 5. The molecular formula is C33H43F5O4S. The van der Waals surface area contributed by atoms with Gasteiger partial charge in [-0.15, -0.1) is 11.8 Å². The van der Waals surface area contributed by atoms with E-state index >= 15 is 0 Å². The number of hydrogen-bond acceptors (Lipinski definition) is 4. The maximum Gasteiger partial charge on any atom is 0.453 e. The standard InChI is InChI=1S/C33H43F5O4S/c1-31(24-14-16-25(39)17-15-24)22-43-29-21-26(40)18-19-27(29)28(31)13-9-7-5-3-2-4-6-8-11-23(30(41)42)12-10-20-32(34,35)33(36,37)38/h14-19,21,23,28,39-40H,2-13,20,22H2,1H3,(H,41,42). The van der Waals surface area contributed by atoms with Gasteiger partial charge in [-0.25, -0.2) is 0 Å². The number of halogens is 5. The molecule has 0 saturated carbocycles. The number of unbranched alkanes of at least 4 members (excludes halogenated alkanes) is 7. The Kier molecular flexibility index (Phi) is 12.6. The summed E-state index contributed by atoms with van der Waals surface area (Å²) in [5.74, 6) is -5.17. The SMILES string of the molecule is CC1(c2ccc(O)cc2)CSc2cc(O)ccc2C1CCCCCCCCCCC(CCCC(F)(F)C(F)(F)F)C(=O)O. The predicted molar refractivity (Wildman–Crippen MR) is 159 cm³/mol. The highest BCUT2D eigenvalue weighted by atomic mass is 32.2. The lowest BCUT2D eigenvalue weighted by Gasteiger charge is -2.43. The fourth-order valence-electron chi connectivity index (χ4n) is 6.11. The number of benzene rings is 2. The molecule has 1 heterocycles. The summed E-state index contributed by atoms with van der Waals surface area (Å²) in [4.78, 5) is 12.5. The summed E-state index contributed by atoms with van der Waals surface area (Å²) in [5.41, 5.74) is 2.32. The van der Waals surface area contributed by atoms with Gasteiger partial charge in [-0.2, -0.15) is 22.0 Å². The fraction of sp³-hybridized carbons (Fsp3) is 0.606. The molecule has 0 bridgehead atoms. The molecule has 2 aromatic carbocycles. The van der Waals surface area contributed by atoms with Crippen LogP contribution in [0, 0.1) is 5.92 Å². The summed E-state index contributed by atoms with van der Waals surface area (Å²) in [5, 5.41) is 29.1. The molecule has 3 rings (SSSR count). The van der Waals surface area contributed by atoms with Gasteiger partial charge in [-0.05, 0) is 67.0 Å². The quantitative estimate of drug-likeness (QED) is 0.120. The summed E-state index contributed by atoms with van der Waals surface area (Å²) in [6.45, 7) is 2.28. The van der Waals surface area contributed by atoms with Crippen LogP contribution in [0.4, 0.5) is 22.0 Å².